The lowest BCUT2D eigenvalue weighted by Gasteiger charge is -2.11. The lowest BCUT2D eigenvalue weighted by atomic mass is 10.2. The Bertz CT molecular complexity index is 394. The summed E-state index contributed by atoms with van der Waals surface area (Å²) in [6, 6.07) is 5.54. The second-order valence-electron chi connectivity index (χ2n) is 4.53. The molecule has 1 saturated carbocycles. The van der Waals surface area contributed by atoms with Crippen molar-refractivity contribution in [3.8, 4) is 5.75 Å². The van der Waals surface area contributed by atoms with Crippen LogP contribution in [0.5, 0.6) is 5.75 Å². The number of rotatable bonds is 5. The van der Waals surface area contributed by atoms with Gasteiger partial charge in [0.25, 0.3) is 5.91 Å². The van der Waals surface area contributed by atoms with Crippen LogP contribution in [0, 0.1) is 12.8 Å². The van der Waals surface area contributed by atoms with E-state index in [1.807, 2.05) is 19.1 Å². The zero-order valence-corrected chi connectivity index (χ0v) is 10.0. The van der Waals surface area contributed by atoms with Gasteiger partial charge in [0.05, 0.1) is 5.69 Å². The number of benzene rings is 1. The van der Waals surface area contributed by atoms with E-state index in [0.717, 1.165) is 12.1 Å². The fraction of sp³-hybridized carbons (Fsp3) is 0.462. The van der Waals surface area contributed by atoms with Gasteiger partial charge in [0.15, 0.2) is 6.61 Å². The number of hydrogen-bond acceptors (Lipinski definition) is 3. The molecule has 17 heavy (non-hydrogen) atoms. The van der Waals surface area contributed by atoms with Crippen molar-refractivity contribution < 1.29 is 9.53 Å². The highest BCUT2D eigenvalue weighted by Gasteiger charge is 2.21. The molecule has 1 aliphatic rings. The van der Waals surface area contributed by atoms with Gasteiger partial charge in [-0.2, -0.15) is 0 Å². The van der Waals surface area contributed by atoms with Crippen LogP contribution in [0.4, 0.5) is 5.69 Å². The predicted molar refractivity (Wildman–Crippen MR) is 66.8 cm³/mol. The zero-order valence-electron chi connectivity index (χ0n) is 10.0. The van der Waals surface area contributed by atoms with Crippen molar-refractivity contribution in [2.75, 3.05) is 18.9 Å². The molecule has 1 aromatic rings. The SMILES string of the molecule is Cc1cccc(N)c1OCC(=O)NCC1CC1. The van der Waals surface area contributed by atoms with Crippen molar-refractivity contribution in [1.82, 2.24) is 5.32 Å². The highest BCUT2D eigenvalue weighted by molar-refractivity contribution is 5.77. The number of carbonyl (C=O) groups is 1. The minimum Gasteiger partial charge on any atom is -0.481 e. The largest absolute Gasteiger partial charge is 0.481 e. The third-order valence-corrected chi connectivity index (χ3v) is 2.87. The molecule has 2 rings (SSSR count). The first-order chi connectivity index (χ1) is 8.16. The average molecular weight is 234 g/mol. The van der Waals surface area contributed by atoms with Gasteiger partial charge in [-0.3, -0.25) is 4.79 Å². The van der Waals surface area contributed by atoms with Crippen LogP contribution in [0.1, 0.15) is 18.4 Å². The van der Waals surface area contributed by atoms with E-state index in [1.165, 1.54) is 12.8 Å². The lowest BCUT2D eigenvalue weighted by Crippen LogP contribution is -2.30. The van der Waals surface area contributed by atoms with E-state index in [4.69, 9.17) is 10.5 Å². The van der Waals surface area contributed by atoms with Crippen molar-refractivity contribution in [2.45, 2.75) is 19.8 Å². The van der Waals surface area contributed by atoms with Crippen LogP contribution in [0.25, 0.3) is 0 Å². The fourth-order valence-electron chi connectivity index (χ4n) is 1.64. The van der Waals surface area contributed by atoms with Crippen LogP contribution in [0.3, 0.4) is 0 Å². The number of nitrogens with two attached hydrogens (primary N) is 1. The standard InChI is InChI=1S/C13H18N2O2/c1-9-3-2-4-11(14)13(9)17-8-12(16)15-7-10-5-6-10/h2-4,10H,5-8,14H2,1H3,(H,15,16). The third kappa shape index (κ3) is 3.37. The Morgan fingerprint density at radius 1 is 1.53 bits per heavy atom. The molecule has 0 atom stereocenters. The molecular weight excluding hydrogens is 216 g/mol. The minimum absolute atomic E-state index is 0.0295. The number of aryl methyl sites for hydroxylation is 1. The number of nitrogens with one attached hydrogen (secondary N) is 1. The molecule has 92 valence electrons. The smallest absolute Gasteiger partial charge is 0.257 e. The van der Waals surface area contributed by atoms with E-state index in [0.29, 0.717) is 17.4 Å². The van der Waals surface area contributed by atoms with Gasteiger partial charge >= 0.3 is 0 Å². The van der Waals surface area contributed by atoms with Gasteiger partial charge in [-0.1, -0.05) is 12.1 Å². The zero-order chi connectivity index (χ0) is 12.3. The summed E-state index contributed by atoms with van der Waals surface area (Å²) in [5.41, 5.74) is 7.30. The number of anilines is 1. The molecule has 4 nitrogen and oxygen atoms in total. The molecule has 3 N–H and O–H groups in total. The number of ether oxygens (including phenoxy) is 1. The molecule has 0 radical (unpaired) electrons. The normalized spacial score (nSPS) is 14.4. The molecule has 1 fully saturated rings. The monoisotopic (exact) mass is 234 g/mol. The highest BCUT2D eigenvalue weighted by Crippen LogP contribution is 2.27. The van der Waals surface area contributed by atoms with Crippen molar-refractivity contribution in [3.05, 3.63) is 23.8 Å². The van der Waals surface area contributed by atoms with Crippen molar-refractivity contribution in [1.29, 1.82) is 0 Å². The van der Waals surface area contributed by atoms with E-state index < -0.39 is 0 Å². The van der Waals surface area contributed by atoms with E-state index >= 15 is 0 Å². The van der Waals surface area contributed by atoms with Crippen molar-refractivity contribution in [2.24, 2.45) is 5.92 Å². The molecule has 1 aliphatic carbocycles. The van der Waals surface area contributed by atoms with Gasteiger partial charge in [-0.25, -0.2) is 0 Å². The summed E-state index contributed by atoms with van der Waals surface area (Å²) in [6.45, 7) is 2.71. The van der Waals surface area contributed by atoms with Crippen LogP contribution in [-0.2, 0) is 4.79 Å². The molecule has 1 amide bonds. The summed E-state index contributed by atoms with van der Waals surface area (Å²) in [7, 11) is 0. The quantitative estimate of drug-likeness (QED) is 0.758. The first kappa shape index (κ1) is 11.8. The summed E-state index contributed by atoms with van der Waals surface area (Å²) in [5, 5.41) is 2.85. The summed E-state index contributed by atoms with van der Waals surface area (Å²) < 4.78 is 5.45. The van der Waals surface area contributed by atoms with E-state index in [9.17, 15) is 4.79 Å². The summed E-state index contributed by atoms with van der Waals surface area (Å²) >= 11 is 0. The molecule has 0 bridgehead atoms. The Labute approximate surface area is 101 Å². The number of carbonyl (C=O) groups excluding carboxylic acids is 1. The highest BCUT2D eigenvalue weighted by atomic mass is 16.5. The van der Waals surface area contributed by atoms with Gasteiger partial charge in [-0.05, 0) is 37.3 Å². The number of nitrogen functional groups attached to an aromatic ring is 1. The summed E-state index contributed by atoms with van der Waals surface area (Å²) in [4.78, 5) is 11.5. The van der Waals surface area contributed by atoms with Gasteiger partial charge in [0.1, 0.15) is 5.75 Å². The summed E-state index contributed by atoms with van der Waals surface area (Å²) in [6.07, 6.45) is 2.46. The van der Waals surface area contributed by atoms with Crippen LogP contribution in [-0.4, -0.2) is 19.1 Å². The molecule has 0 spiro atoms. The fourth-order valence-corrected chi connectivity index (χ4v) is 1.64. The Kier molecular flexibility index (Phi) is 3.52. The Hall–Kier alpha value is -1.71. The minimum atomic E-state index is -0.0837. The molecule has 1 aromatic carbocycles. The first-order valence-corrected chi connectivity index (χ1v) is 5.91. The van der Waals surface area contributed by atoms with E-state index in [-0.39, 0.29) is 12.5 Å². The molecule has 0 aliphatic heterocycles. The number of para-hydroxylation sites is 1. The van der Waals surface area contributed by atoms with Crippen molar-refractivity contribution >= 4 is 11.6 Å². The molecule has 0 unspecified atom stereocenters. The van der Waals surface area contributed by atoms with Gasteiger partial charge in [0.2, 0.25) is 0 Å². The van der Waals surface area contributed by atoms with Gasteiger partial charge < -0.3 is 15.8 Å². The van der Waals surface area contributed by atoms with Crippen LogP contribution < -0.4 is 15.8 Å². The lowest BCUT2D eigenvalue weighted by molar-refractivity contribution is -0.123. The maximum Gasteiger partial charge on any atom is 0.257 e. The second-order valence-corrected chi connectivity index (χ2v) is 4.53. The first-order valence-electron chi connectivity index (χ1n) is 5.91. The molecule has 0 heterocycles. The number of hydrogen-bond donors (Lipinski definition) is 2. The Morgan fingerprint density at radius 2 is 2.29 bits per heavy atom. The van der Waals surface area contributed by atoms with E-state index in [1.54, 1.807) is 6.07 Å². The van der Waals surface area contributed by atoms with E-state index in [2.05, 4.69) is 5.32 Å². The Morgan fingerprint density at radius 3 is 2.94 bits per heavy atom. The van der Waals surface area contributed by atoms with Crippen LogP contribution in [0.15, 0.2) is 18.2 Å². The molecule has 4 heteroatoms. The van der Waals surface area contributed by atoms with Crippen LogP contribution >= 0.6 is 0 Å². The Balaban J connectivity index is 1.81. The maximum atomic E-state index is 11.5. The number of amides is 1. The average Bonchev–Trinajstić information content (AvgIpc) is 3.09. The predicted octanol–water partition coefficient (Wildman–Crippen LogP) is 1.48. The molecular formula is C13H18N2O2. The molecule has 0 saturated heterocycles. The topological polar surface area (TPSA) is 64.3 Å². The van der Waals surface area contributed by atoms with Gasteiger partial charge in [0, 0.05) is 6.54 Å². The van der Waals surface area contributed by atoms with Crippen LogP contribution in [0.2, 0.25) is 0 Å². The summed E-state index contributed by atoms with van der Waals surface area (Å²) in [5.74, 6) is 1.20. The second kappa shape index (κ2) is 5.08. The third-order valence-electron chi connectivity index (χ3n) is 2.87. The maximum absolute atomic E-state index is 11.5. The van der Waals surface area contributed by atoms with Crippen molar-refractivity contribution in [3.63, 3.8) is 0 Å². The molecule has 0 aromatic heterocycles. The van der Waals surface area contributed by atoms with Gasteiger partial charge in [-0.15, -0.1) is 0 Å².